The first-order chi connectivity index (χ1) is 13.9. The van der Waals surface area contributed by atoms with Gasteiger partial charge in [-0.2, -0.15) is 5.26 Å². The zero-order valence-electron chi connectivity index (χ0n) is 17.2. The number of anilines is 2. The van der Waals surface area contributed by atoms with Gasteiger partial charge in [0.1, 0.15) is 0 Å². The summed E-state index contributed by atoms with van der Waals surface area (Å²) in [5.41, 5.74) is 4.48. The molecule has 0 spiro atoms. The van der Waals surface area contributed by atoms with E-state index in [0.717, 1.165) is 11.1 Å². The van der Waals surface area contributed by atoms with Crippen LogP contribution in [-0.4, -0.2) is 31.2 Å². The number of aryl methyl sites for hydroxylation is 2. The Morgan fingerprint density at radius 1 is 1.10 bits per heavy atom. The number of hydrogen-bond acceptors (Lipinski definition) is 4. The minimum absolute atomic E-state index is 0.152. The van der Waals surface area contributed by atoms with Crippen molar-refractivity contribution in [3.63, 3.8) is 0 Å². The SMILES string of the molecule is CCOC(=O)N1c2cc(C)c(C)cc2N(C(=O)c2ccc(C#N)cc2)CC1CC. The molecule has 0 aromatic heterocycles. The van der Waals surface area contributed by atoms with Gasteiger partial charge in [-0.1, -0.05) is 6.92 Å². The predicted octanol–water partition coefficient (Wildman–Crippen LogP) is 4.58. The van der Waals surface area contributed by atoms with Crippen LogP contribution >= 0.6 is 0 Å². The molecule has 0 saturated heterocycles. The van der Waals surface area contributed by atoms with Crippen LogP contribution in [0.5, 0.6) is 0 Å². The van der Waals surface area contributed by atoms with Crippen LogP contribution in [-0.2, 0) is 4.74 Å². The van der Waals surface area contributed by atoms with Gasteiger partial charge in [0.2, 0.25) is 0 Å². The third-order valence-electron chi connectivity index (χ3n) is 5.34. The van der Waals surface area contributed by atoms with Gasteiger partial charge in [0.15, 0.2) is 0 Å². The van der Waals surface area contributed by atoms with Crippen LogP contribution < -0.4 is 9.80 Å². The first-order valence-corrected chi connectivity index (χ1v) is 9.80. The van der Waals surface area contributed by atoms with E-state index in [2.05, 4.69) is 6.07 Å². The third-order valence-corrected chi connectivity index (χ3v) is 5.34. The second-order valence-electron chi connectivity index (χ2n) is 7.16. The van der Waals surface area contributed by atoms with Crippen LogP contribution in [0.2, 0.25) is 0 Å². The molecule has 2 aromatic rings. The highest BCUT2D eigenvalue weighted by molar-refractivity contribution is 6.10. The van der Waals surface area contributed by atoms with Gasteiger partial charge in [-0.15, -0.1) is 0 Å². The lowest BCUT2D eigenvalue weighted by Gasteiger charge is -2.42. The maximum Gasteiger partial charge on any atom is 0.414 e. The molecular weight excluding hydrogens is 366 g/mol. The Kier molecular flexibility index (Phi) is 5.88. The number of amides is 2. The summed E-state index contributed by atoms with van der Waals surface area (Å²) in [6, 6.07) is 12.4. The van der Waals surface area contributed by atoms with Gasteiger partial charge in [-0.25, -0.2) is 4.79 Å². The molecule has 2 amide bonds. The van der Waals surface area contributed by atoms with Crippen molar-refractivity contribution in [3.05, 3.63) is 58.7 Å². The van der Waals surface area contributed by atoms with Crippen LogP contribution in [0.25, 0.3) is 0 Å². The summed E-state index contributed by atoms with van der Waals surface area (Å²) in [5, 5.41) is 9.00. The largest absolute Gasteiger partial charge is 0.449 e. The van der Waals surface area contributed by atoms with Crippen molar-refractivity contribution in [3.8, 4) is 6.07 Å². The van der Waals surface area contributed by atoms with Gasteiger partial charge < -0.3 is 9.64 Å². The molecule has 6 nitrogen and oxygen atoms in total. The number of rotatable bonds is 3. The van der Waals surface area contributed by atoms with Gasteiger partial charge in [0, 0.05) is 12.1 Å². The zero-order valence-corrected chi connectivity index (χ0v) is 17.2. The molecule has 0 N–H and O–H groups in total. The van der Waals surface area contributed by atoms with Crippen molar-refractivity contribution in [2.75, 3.05) is 23.0 Å². The van der Waals surface area contributed by atoms with E-state index in [0.29, 0.717) is 42.1 Å². The maximum atomic E-state index is 13.3. The fraction of sp³-hybridized carbons (Fsp3) is 0.348. The molecule has 1 atom stereocenters. The van der Waals surface area contributed by atoms with Gasteiger partial charge >= 0.3 is 6.09 Å². The highest BCUT2D eigenvalue weighted by Crippen LogP contribution is 2.39. The molecule has 0 bridgehead atoms. The molecule has 0 fully saturated rings. The molecule has 1 aliphatic rings. The molecule has 1 unspecified atom stereocenters. The Morgan fingerprint density at radius 3 is 2.28 bits per heavy atom. The molecule has 0 saturated carbocycles. The summed E-state index contributed by atoms with van der Waals surface area (Å²) >= 11 is 0. The minimum Gasteiger partial charge on any atom is -0.449 e. The minimum atomic E-state index is -0.394. The van der Waals surface area contributed by atoms with Crippen LogP contribution in [0.3, 0.4) is 0 Å². The Labute approximate surface area is 171 Å². The number of fused-ring (bicyclic) bond motifs is 1. The summed E-state index contributed by atoms with van der Waals surface area (Å²) in [6.07, 6.45) is 0.289. The van der Waals surface area contributed by atoms with Crippen molar-refractivity contribution < 1.29 is 14.3 Å². The Balaban J connectivity index is 2.10. The van der Waals surface area contributed by atoms with Crippen LogP contribution in [0.15, 0.2) is 36.4 Å². The van der Waals surface area contributed by atoms with Crippen molar-refractivity contribution >= 4 is 23.4 Å². The van der Waals surface area contributed by atoms with Gasteiger partial charge in [0.25, 0.3) is 5.91 Å². The van der Waals surface area contributed by atoms with Crippen LogP contribution in [0.4, 0.5) is 16.2 Å². The van der Waals surface area contributed by atoms with E-state index in [4.69, 9.17) is 10.00 Å². The zero-order chi connectivity index (χ0) is 21.1. The third kappa shape index (κ3) is 3.81. The second-order valence-corrected chi connectivity index (χ2v) is 7.16. The number of nitrogens with zero attached hydrogens (tertiary/aromatic N) is 3. The molecule has 6 heteroatoms. The highest BCUT2D eigenvalue weighted by atomic mass is 16.6. The molecule has 3 rings (SSSR count). The van der Waals surface area contributed by atoms with Crippen LogP contribution in [0, 0.1) is 25.2 Å². The Morgan fingerprint density at radius 2 is 1.72 bits per heavy atom. The Hall–Kier alpha value is -3.33. The lowest BCUT2D eigenvalue weighted by atomic mass is 9.99. The van der Waals surface area contributed by atoms with Gasteiger partial charge in [0.05, 0.1) is 35.7 Å². The summed E-state index contributed by atoms with van der Waals surface area (Å²) in [7, 11) is 0. The normalized spacial score (nSPS) is 15.5. The summed E-state index contributed by atoms with van der Waals surface area (Å²) < 4.78 is 5.30. The van der Waals surface area contributed by atoms with E-state index in [1.165, 1.54) is 0 Å². The lowest BCUT2D eigenvalue weighted by molar-refractivity contribution is 0.0981. The van der Waals surface area contributed by atoms with Gasteiger partial charge in [-0.3, -0.25) is 9.69 Å². The van der Waals surface area contributed by atoms with Crippen molar-refractivity contribution in [2.24, 2.45) is 0 Å². The fourth-order valence-electron chi connectivity index (χ4n) is 3.57. The van der Waals surface area contributed by atoms with E-state index in [9.17, 15) is 9.59 Å². The van der Waals surface area contributed by atoms with E-state index >= 15 is 0 Å². The second kappa shape index (κ2) is 8.36. The van der Waals surface area contributed by atoms with Crippen molar-refractivity contribution in [1.82, 2.24) is 0 Å². The molecule has 1 aliphatic heterocycles. The molecular formula is C23H25N3O3. The monoisotopic (exact) mass is 391 g/mol. The molecule has 0 aliphatic carbocycles. The van der Waals surface area contributed by atoms with Gasteiger partial charge in [-0.05, 0) is 74.7 Å². The molecule has 0 radical (unpaired) electrons. The molecule has 150 valence electrons. The number of carbonyl (C=O) groups excluding carboxylic acids is 2. The van der Waals surface area contributed by atoms with E-state index in [1.807, 2.05) is 32.9 Å². The first kappa shape index (κ1) is 20.4. The number of nitriles is 1. The summed E-state index contributed by atoms with van der Waals surface area (Å²) in [5.74, 6) is -0.152. The van der Waals surface area contributed by atoms with E-state index in [1.54, 1.807) is 41.0 Å². The average molecular weight is 391 g/mol. The number of hydrogen-bond donors (Lipinski definition) is 0. The molecule has 29 heavy (non-hydrogen) atoms. The number of benzene rings is 2. The summed E-state index contributed by atoms with van der Waals surface area (Å²) in [6.45, 7) is 8.42. The highest BCUT2D eigenvalue weighted by Gasteiger charge is 2.37. The van der Waals surface area contributed by atoms with E-state index in [-0.39, 0.29) is 11.9 Å². The quantitative estimate of drug-likeness (QED) is 0.768. The first-order valence-electron chi connectivity index (χ1n) is 9.80. The van der Waals surface area contributed by atoms with Crippen molar-refractivity contribution in [2.45, 2.75) is 40.2 Å². The topological polar surface area (TPSA) is 73.6 Å². The fourth-order valence-corrected chi connectivity index (χ4v) is 3.57. The summed E-state index contributed by atoms with van der Waals surface area (Å²) in [4.78, 5) is 29.4. The lowest BCUT2D eigenvalue weighted by Crippen LogP contribution is -2.53. The Bertz CT molecular complexity index is 976. The van der Waals surface area contributed by atoms with E-state index < -0.39 is 6.09 Å². The smallest absolute Gasteiger partial charge is 0.414 e. The number of ether oxygens (including phenoxy) is 1. The average Bonchev–Trinajstić information content (AvgIpc) is 2.73. The number of carbonyl (C=O) groups is 2. The molecule has 1 heterocycles. The van der Waals surface area contributed by atoms with Crippen molar-refractivity contribution in [1.29, 1.82) is 5.26 Å². The maximum absolute atomic E-state index is 13.3. The standard InChI is InChI=1S/C23H25N3O3/c1-5-19-14-25(22(27)18-9-7-17(13-24)8-10-18)20-11-15(3)16(4)12-21(20)26(19)23(28)29-6-2/h7-12,19H,5-6,14H2,1-4H3. The predicted molar refractivity (Wildman–Crippen MR) is 112 cm³/mol. The molecule has 2 aromatic carbocycles. The van der Waals surface area contributed by atoms with Crippen LogP contribution in [0.1, 0.15) is 47.3 Å².